The second-order valence-electron chi connectivity index (χ2n) is 8.65. The first-order valence-electron chi connectivity index (χ1n) is 11.2. The molecule has 36 heavy (non-hydrogen) atoms. The van der Waals surface area contributed by atoms with Gasteiger partial charge in [0.15, 0.2) is 9.84 Å². The molecule has 198 valence electrons. The molecule has 0 aliphatic heterocycles. The van der Waals surface area contributed by atoms with Crippen LogP contribution in [0.3, 0.4) is 0 Å². The van der Waals surface area contributed by atoms with E-state index in [2.05, 4.69) is 10.1 Å². The van der Waals surface area contributed by atoms with E-state index in [9.17, 15) is 39.6 Å². The van der Waals surface area contributed by atoms with E-state index in [0.717, 1.165) is 25.0 Å². The first-order valence-corrected chi connectivity index (χ1v) is 12.8. The van der Waals surface area contributed by atoms with Gasteiger partial charge in [0.2, 0.25) is 0 Å². The van der Waals surface area contributed by atoms with Crippen LogP contribution in [-0.2, 0) is 26.7 Å². The molecule has 1 saturated carbocycles. The molecule has 0 radical (unpaired) electrons. The van der Waals surface area contributed by atoms with Crippen LogP contribution < -0.4 is 5.32 Å². The van der Waals surface area contributed by atoms with Gasteiger partial charge >= 0.3 is 12.4 Å². The molecule has 0 aromatic heterocycles. The number of sulfone groups is 1. The van der Waals surface area contributed by atoms with Gasteiger partial charge < -0.3 is 10.1 Å². The van der Waals surface area contributed by atoms with Crippen LogP contribution in [0.2, 0.25) is 0 Å². The highest BCUT2D eigenvalue weighted by Crippen LogP contribution is 2.53. The average molecular weight is 538 g/mol. The van der Waals surface area contributed by atoms with Crippen LogP contribution in [0.15, 0.2) is 53.4 Å². The molecule has 1 amide bonds. The van der Waals surface area contributed by atoms with Crippen molar-refractivity contribution in [2.24, 2.45) is 5.92 Å². The number of hydrogen-bond acceptors (Lipinski definition) is 4. The van der Waals surface area contributed by atoms with Crippen molar-refractivity contribution in [3.05, 3.63) is 65.2 Å². The maximum Gasteiger partial charge on any atom is 0.430 e. The van der Waals surface area contributed by atoms with Crippen molar-refractivity contribution in [1.82, 2.24) is 5.32 Å². The van der Waals surface area contributed by atoms with Gasteiger partial charge in [-0.1, -0.05) is 31.2 Å². The number of halogens is 6. The third kappa shape index (κ3) is 6.03. The van der Waals surface area contributed by atoms with E-state index in [1.54, 1.807) is 0 Å². The smallest absolute Gasteiger partial charge is 0.354 e. The number of hydrogen-bond donors (Lipinski definition) is 1. The largest absolute Gasteiger partial charge is 0.430 e. The summed E-state index contributed by atoms with van der Waals surface area (Å²) < 4.78 is 111. The topological polar surface area (TPSA) is 72.5 Å². The Morgan fingerprint density at radius 2 is 1.50 bits per heavy atom. The number of carbonyl (C=O) groups is 1. The average Bonchev–Trinajstić information content (AvgIpc) is 3.60. The maximum atomic E-state index is 13.7. The van der Waals surface area contributed by atoms with Crippen LogP contribution in [0, 0.1) is 5.92 Å². The van der Waals surface area contributed by atoms with E-state index in [0.29, 0.717) is 17.7 Å². The Hall–Kier alpha value is -2.60. The monoisotopic (exact) mass is 537 g/mol. The lowest BCUT2D eigenvalue weighted by Crippen LogP contribution is -2.56. The minimum atomic E-state index is -5.79. The third-order valence-corrected chi connectivity index (χ3v) is 7.66. The van der Waals surface area contributed by atoms with E-state index in [4.69, 9.17) is 0 Å². The summed E-state index contributed by atoms with van der Waals surface area (Å²) in [4.78, 5) is 12.6. The highest BCUT2D eigenvalue weighted by Gasteiger charge is 2.73. The number of nitrogens with one attached hydrogen (secondary N) is 1. The van der Waals surface area contributed by atoms with Gasteiger partial charge in [-0.25, -0.2) is 8.42 Å². The summed E-state index contributed by atoms with van der Waals surface area (Å²) in [6.07, 6.45) is -9.86. The molecule has 2 aromatic carbocycles. The molecule has 0 heterocycles. The summed E-state index contributed by atoms with van der Waals surface area (Å²) in [5.74, 6) is -0.450. The summed E-state index contributed by atoms with van der Waals surface area (Å²) >= 11 is 0. The van der Waals surface area contributed by atoms with E-state index in [-0.39, 0.29) is 35.1 Å². The molecule has 3 rings (SSSR count). The van der Waals surface area contributed by atoms with Gasteiger partial charge in [0.1, 0.15) is 0 Å². The minimum Gasteiger partial charge on any atom is -0.354 e. The molecular weight excluding hydrogens is 512 g/mol. The zero-order valence-electron chi connectivity index (χ0n) is 19.2. The maximum absolute atomic E-state index is 13.7. The number of rotatable bonds is 10. The number of ether oxygens (including phenoxy) is 1. The summed E-state index contributed by atoms with van der Waals surface area (Å²) in [6.45, 7) is 0.575. The lowest BCUT2D eigenvalue weighted by atomic mass is 9.91. The van der Waals surface area contributed by atoms with Crippen LogP contribution in [0.1, 0.15) is 47.7 Å². The van der Waals surface area contributed by atoms with E-state index < -0.39 is 45.9 Å². The predicted octanol–water partition coefficient (Wildman–Crippen LogP) is 5.55. The molecule has 1 N–H and O–H groups in total. The zero-order chi connectivity index (χ0) is 26.8. The molecule has 5 nitrogen and oxygen atoms in total. The molecule has 0 spiro atoms. The van der Waals surface area contributed by atoms with Crippen molar-refractivity contribution in [2.45, 2.75) is 55.6 Å². The van der Waals surface area contributed by atoms with Crippen molar-refractivity contribution in [3.8, 4) is 0 Å². The Balaban J connectivity index is 1.72. The molecule has 1 aliphatic carbocycles. The molecule has 0 saturated heterocycles. The van der Waals surface area contributed by atoms with Crippen molar-refractivity contribution in [1.29, 1.82) is 0 Å². The summed E-state index contributed by atoms with van der Waals surface area (Å²) in [7, 11) is -3.39. The first kappa shape index (κ1) is 28.0. The normalized spacial score (nSPS) is 15.1. The number of amides is 1. The first-order chi connectivity index (χ1) is 16.7. The van der Waals surface area contributed by atoms with Crippen molar-refractivity contribution < 1.29 is 44.3 Å². The highest BCUT2D eigenvalue weighted by atomic mass is 32.2. The fourth-order valence-corrected chi connectivity index (χ4v) is 5.33. The Bertz CT molecular complexity index is 1140. The van der Waals surface area contributed by atoms with Crippen LogP contribution >= 0.6 is 0 Å². The molecule has 2 aromatic rings. The van der Waals surface area contributed by atoms with Gasteiger partial charge in [0, 0.05) is 24.3 Å². The van der Waals surface area contributed by atoms with Gasteiger partial charge in [-0.3, -0.25) is 4.79 Å². The molecule has 0 unspecified atom stereocenters. The summed E-state index contributed by atoms with van der Waals surface area (Å²) in [6, 6.07) is 8.77. The molecule has 1 aliphatic rings. The van der Waals surface area contributed by atoms with Crippen molar-refractivity contribution in [2.75, 3.05) is 12.4 Å². The molecular formula is C24H25F6NO4S. The van der Waals surface area contributed by atoms with E-state index in [1.165, 1.54) is 31.2 Å². The lowest BCUT2D eigenvalue weighted by molar-refractivity contribution is -0.389. The fourth-order valence-electron chi connectivity index (χ4n) is 3.64. The highest BCUT2D eigenvalue weighted by molar-refractivity contribution is 7.91. The SMILES string of the molecule is CCCOC(c1ccc(C(=O)NCc2ccc(S(=O)(=O)CC3CC3)cc2)cc1)(C(F)(F)F)C(F)(F)F. The van der Waals surface area contributed by atoms with E-state index >= 15 is 0 Å². The van der Waals surface area contributed by atoms with Crippen LogP contribution in [-0.4, -0.2) is 39.0 Å². The summed E-state index contributed by atoms with van der Waals surface area (Å²) in [5.41, 5.74) is -5.30. The Kier molecular flexibility index (Phi) is 8.09. The number of carbonyl (C=O) groups excluding carboxylic acids is 1. The van der Waals surface area contributed by atoms with Gasteiger partial charge in [-0.2, -0.15) is 26.3 Å². The van der Waals surface area contributed by atoms with Crippen LogP contribution in [0.4, 0.5) is 26.3 Å². The van der Waals surface area contributed by atoms with Crippen LogP contribution in [0.5, 0.6) is 0 Å². The van der Waals surface area contributed by atoms with Gasteiger partial charge in [-0.05, 0) is 55.0 Å². The molecule has 12 heteroatoms. The standard InChI is InChI=1S/C24H25F6NO4S/c1-2-13-35-22(23(25,26)27,24(28,29)30)19-9-7-18(8-10-19)21(32)31-14-16-5-11-20(12-6-16)36(33,34)15-17-3-4-17/h5-12,17H,2-4,13-15H2,1H3,(H,31,32). The second-order valence-corrected chi connectivity index (χ2v) is 10.7. The number of benzene rings is 2. The summed E-state index contributed by atoms with van der Waals surface area (Å²) in [5, 5.41) is 2.50. The second kappa shape index (κ2) is 10.4. The Morgan fingerprint density at radius 1 is 0.944 bits per heavy atom. The number of alkyl halides is 6. The van der Waals surface area contributed by atoms with Crippen molar-refractivity contribution in [3.63, 3.8) is 0 Å². The van der Waals surface area contributed by atoms with Gasteiger partial charge in [-0.15, -0.1) is 0 Å². The zero-order valence-corrected chi connectivity index (χ0v) is 20.1. The van der Waals surface area contributed by atoms with E-state index in [1.807, 2.05) is 0 Å². The lowest BCUT2D eigenvalue weighted by Gasteiger charge is -2.37. The van der Waals surface area contributed by atoms with Crippen LogP contribution in [0.25, 0.3) is 0 Å². The fraction of sp³-hybridized carbons (Fsp3) is 0.458. The minimum absolute atomic E-state index is 0.0296. The molecule has 0 atom stereocenters. The van der Waals surface area contributed by atoms with Gasteiger partial charge in [0.05, 0.1) is 10.6 Å². The predicted molar refractivity (Wildman–Crippen MR) is 119 cm³/mol. The van der Waals surface area contributed by atoms with Crippen molar-refractivity contribution >= 4 is 15.7 Å². The third-order valence-electron chi connectivity index (χ3n) is 5.76. The Labute approximate surface area is 204 Å². The molecule has 1 fully saturated rings. The van der Waals surface area contributed by atoms with Gasteiger partial charge in [0.25, 0.3) is 11.5 Å². The quantitative estimate of drug-likeness (QED) is 0.404. The molecule has 0 bridgehead atoms. The Morgan fingerprint density at radius 3 is 1.97 bits per heavy atom.